The standard InChI is InChI=1S/C18H20F3N5O4/c19-18(20,21)16(3-1-12(22)2-4-16)9-14(27)24-7-5-17(6-8-24)11-25-10-13(26(28)29)23-15(25)30-17/h1-3,10H,4-9,11,22H2. The summed E-state index contributed by atoms with van der Waals surface area (Å²) < 4.78 is 48.6. The lowest BCUT2D eigenvalue weighted by molar-refractivity contribution is -0.389. The minimum atomic E-state index is -4.58. The maximum absolute atomic E-state index is 13.7. The van der Waals surface area contributed by atoms with E-state index in [1.54, 1.807) is 4.57 Å². The summed E-state index contributed by atoms with van der Waals surface area (Å²) in [5, 5.41) is 10.8. The second kappa shape index (κ2) is 6.74. The number of ether oxygens (including phenoxy) is 1. The molecule has 162 valence electrons. The van der Waals surface area contributed by atoms with E-state index in [4.69, 9.17) is 10.5 Å². The van der Waals surface area contributed by atoms with Crippen molar-refractivity contribution in [3.63, 3.8) is 0 Å². The Kier molecular flexibility index (Phi) is 4.55. The maximum Gasteiger partial charge on any atom is 0.415 e. The number of likely N-dealkylation sites (tertiary alicyclic amines) is 1. The number of rotatable bonds is 3. The molecule has 1 aromatic heterocycles. The van der Waals surface area contributed by atoms with Crippen LogP contribution in [-0.2, 0) is 11.3 Å². The number of halogens is 3. The van der Waals surface area contributed by atoms with Crippen LogP contribution in [0.5, 0.6) is 6.01 Å². The van der Waals surface area contributed by atoms with Gasteiger partial charge in [-0.3, -0.25) is 9.36 Å². The molecule has 1 amide bonds. The van der Waals surface area contributed by atoms with Gasteiger partial charge in [0, 0.05) is 43.0 Å². The van der Waals surface area contributed by atoms with Gasteiger partial charge in [0.25, 0.3) is 0 Å². The Labute approximate surface area is 169 Å². The van der Waals surface area contributed by atoms with Gasteiger partial charge in [0.15, 0.2) is 0 Å². The quantitative estimate of drug-likeness (QED) is 0.584. The number of amides is 1. The van der Waals surface area contributed by atoms with Gasteiger partial charge in [0.2, 0.25) is 5.91 Å². The van der Waals surface area contributed by atoms with E-state index in [9.17, 15) is 28.1 Å². The first-order chi connectivity index (χ1) is 14.0. The van der Waals surface area contributed by atoms with Crippen LogP contribution in [0.3, 0.4) is 0 Å². The number of alkyl halides is 3. The van der Waals surface area contributed by atoms with Crippen LogP contribution in [0, 0.1) is 15.5 Å². The molecule has 1 saturated heterocycles. The zero-order chi connectivity index (χ0) is 21.7. The average molecular weight is 427 g/mol. The van der Waals surface area contributed by atoms with Crippen molar-refractivity contribution in [2.24, 2.45) is 11.1 Å². The third-order valence-corrected chi connectivity index (χ3v) is 6.04. The average Bonchev–Trinajstić information content (AvgIpc) is 3.19. The summed E-state index contributed by atoms with van der Waals surface area (Å²) in [5.74, 6) is -0.882. The van der Waals surface area contributed by atoms with Crippen molar-refractivity contribution in [2.75, 3.05) is 13.1 Å². The van der Waals surface area contributed by atoms with E-state index in [1.165, 1.54) is 23.2 Å². The number of imidazole rings is 1. The Balaban J connectivity index is 1.39. The van der Waals surface area contributed by atoms with Crippen LogP contribution < -0.4 is 10.5 Å². The molecule has 30 heavy (non-hydrogen) atoms. The fourth-order valence-corrected chi connectivity index (χ4v) is 4.14. The number of fused-ring (bicyclic) bond motifs is 1. The van der Waals surface area contributed by atoms with Crippen molar-refractivity contribution < 1.29 is 27.6 Å². The summed E-state index contributed by atoms with van der Waals surface area (Å²) in [7, 11) is 0. The molecule has 1 fully saturated rings. The monoisotopic (exact) mass is 427 g/mol. The molecular weight excluding hydrogens is 407 g/mol. The number of nitro groups is 1. The molecule has 4 rings (SSSR count). The van der Waals surface area contributed by atoms with Gasteiger partial charge in [-0.25, -0.2) is 0 Å². The van der Waals surface area contributed by atoms with Crippen LogP contribution in [0.4, 0.5) is 19.0 Å². The van der Waals surface area contributed by atoms with Crippen molar-refractivity contribution in [2.45, 2.75) is 44.0 Å². The number of carbonyl (C=O) groups is 1. The van der Waals surface area contributed by atoms with E-state index in [-0.39, 0.29) is 37.0 Å². The molecule has 1 unspecified atom stereocenters. The Morgan fingerprint density at radius 1 is 1.37 bits per heavy atom. The summed E-state index contributed by atoms with van der Waals surface area (Å²) in [6.45, 7) is 0.827. The number of nitrogens with zero attached hydrogens (tertiary/aromatic N) is 4. The van der Waals surface area contributed by atoms with Crippen LogP contribution in [0.1, 0.15) is 25.7 Å². The molecule has 3 heterocycles. The van der Waals surface area contributed by atoms with E-state index in [0.29, 0.717) is 19.4 Å². The van der Waals surface area contributed by atoms with Gasteiger partial charge in [-0.05, 0) is 17.4 Å². The van der Waals surface area contributed by atoms with Gasteiger partial charge in [-0.15, -0.1) is 0 Å². The summed E-state index contributed by atoms with van der Waals surface area (Å²) in [6.07, 6.45) is -0.0623. The summed E-state index contributed by atoms with van der Waals surface area (Å²) >= 11 is 0. The van der Waals surface area contributed by atoms with Gasteiger partial charge < -0.3 is 25.5 Å². The Morgan fingerprint density at radius 3 is 2.60 bits per heavy atom. The first-order valence-corrected chi connectivity index (χ1v) is 9.43. The molecule has 12 heteroatoms. The third-order valence-electron chi connectivity index (χ3n) is 6.04. The fraction of sp³-hybridized carbons (Fsp3) is 0.556. The second-order valence-corrected chi connectivity index (χ2v) is 8.00. The SMILES string of the molecule is NC1=CCC(CC(=O)N2CCC3(CC2)Cn2cc([N+](=O)[O-])nc2O3)(C(F)(F)F)C=C1. The lowest BCUT2D eigenvalue weighted by Gasteiger charge is -2.40. The van der Waals surface area contributed by atoms with E-state index >= 15 is 0 Å². The normalized spacial score (nSPS) is 25.0. The van der Waals surface area contributed by atoms with E-state index in [1.807, 2.05) is 0 Å². The number of aromatic nitrogens is 2. The van der Waals surface area contributed by atoms with Crippen LogP contribution in [0.25, 0.3) is 0 Å². The van der Waals surface area contributed by atoms with Gasteiger partial charge in [0.05, 0.1) is 12.0 Å². The summed E-state index contributed by atoms with van der Waals surface area (Å²) in [4.78, 5) is 28.1. The highest BCUT2D eigenvalue weighted by Gasteiger charge is 2.55. The minimum Gasteiger partial charge on any atom is -0.437 e. The highest BCUT2D eigenvalue weighted by Crippen LogP contribution is 2.48. The smallest absolute Gasteiger partial charge is 0.415 e. The van der Waals surface area contributed by atoms with Crippen molar-refractivity contribution in [1.82, 2.24) is 14.5 Å². The Hall–Kier alpha value is -3.05. The molecular formula is C18H20F3N5O4. The number of piperidine rings is 1. The lowest BCUT2D eigenvalue weighted by Crippen LogP contribution is -2.51. The molecule has 0 saturated carbocycles. The van der Waals surface area contributed by atoms with Crippen molar-refractivity contribution in [1.29, 1.82) is 0 Å². The number of allylic oxidation sites excluding steroid dienone is 3. The molecule has 2 N–H and O–H groups in total. The van der Waals surface area contributed by atoms with Crippen LogP contribution in [0.15, 0.2) is 30.1 Å². The van der Waals surface area contributed by atoms with Crippen LogP contribution in [-0.4, -0.2) is 50.1 Å². The van der Waals surface area contributed by atoms with Gasteiger partial charge >= 0.3 is 18.0 Å². The molecule has 0 aromatic carbocycles. The number of nitrogens with two attached hydrogens (primary N) is 1. The minimum absolute atomic E-state index is 0.147. The third kappa shape index (κ3) is 3.39. The predicted molar refractivity (Wildman–Crippen MR) is 97.2 cm³/mol. The molecule has 9 nitrogen and oxygen atoms in total. The Bertz CT molecular complexity index is 921. The molecule has 3 aliphatic rings. The molecule has 0 radical (unpaired) electrons. The van der Waals surface area contributed by atoms with Crippen LogP contribution in [0.2, 0.25) is 0 Å². The zero-order valence-electron chi connectivity index (χ0n) is 15.9. The van der Waals surface area contributed by atoms with Crippen molar-refractivity contribution in [3.8, 4) is 6.01 Å². The van der Waals surface area contributed by atoms with Crippen molar-refractivity contribution in [3.05, 3.63) is 40.2 Å². The van der Waals surface area contributed by atoms with E-state index in [0.717, 1.165) is 6.08 Å². The predicted octanol–water partition coefficient (Wildman–Crippen LogP) is 2.29. The Morgan fingerprint density at radius 2 is 2.07 bits per heavy atom. The maximum atomic E-state index is 13.7. The molecule has 1 atom stereocenters. The molecule has 1 spiro atoms. The van der Waals surface area contributed by atoms with E-state index in [2.05, 4.69) is 4.98 Å². The first-order valence-electron chi connectivity index (χ1n) is 9.43. The molecule has 2 aliphatic heterocycles. The van der Waals surface area contributed by atoms with Gasteiger partial charge in [-0.1, -0.05) is 12.2 Å². The number of carbonyl (C=O) groups excluding carboxylic acids is 1. The van der Waals surface area contributed by atoms with Crippen molar-refractivity contribution >= 4 is 11.7 Å². The highest BCUT2D eigenvalue weighted by atomic mass is 19.4. The van der Waals surface area contributed by atoms with Gasteiger partial charge in [-0.2, -0.15) is 13.2 Å². The summed E-state index contributed by atoms with van der Waals surface area (Å²) in [5.41, 5.74) is 2.88. The topological polar surface area (TPSA) is 117 Å². The highest BCUT2D eigenvalue weighted by molar-refractivity contribution is 5.77. The summed E-state index contributed by atoms with van der Waals surface area (Å²) in [6, 6.07) is 0.147. The second-order valence-electron chi connectivity index (χ2n) is 8.00. The largest absolute Gasteiger partial charge is 0.437 e. The van der Waals surface area contributed by atoms with Gasteiger partial charge in [0.1, 0.15) is 11.8 Å². The molecule has 1 aromatic rings. The number of hydrogen-bond donors (Lipinski definition) is 1. The molecule has 1 aliphatic carbocycles. The zero-order valence-corrected chi connectivity index (χ0v) is 15.9. The lowest BCUT2D eigenvalue weighted by atomic mass is 9.76. The van der Waals surface area contributed by atoms with E-state index < -0.39 is 34.4 Å². The first kappa shape index (κ1) is 20.2. The van der Waals surface area contributed by atoms with Crippen LogP contribution >= 0.6 is 0 Å². The number of hydrogen-bond acceptors (Lipinski definition) is 6. The fourth-order valence-electron chi connectivity index (χ4n) is 4.14. The molecule has 0 bridgehead atoms.